The topological polar surface area (TPSA) is 97.4 Å². The van der Waals surface area contributed by atoms with Crippen molar-refractivity contribution in [1.29, 1.82) is 0 Å². The number of alkyl carbamates (subject to hydrolysis) is 1. The smallest absolute Gasteiger partial charge is 0.414 e. The second-order valence-electron chi connectivity index (χ2n) is 10.2. The van der Waals surface area contributed by atoms with Gasteiger partial charge in [-0.3, -0.25) is 10.1 Å². The van der Waals surface area contributed by atoms with Gasteiger partial charge in [-0.1, -0.05) is 39.7 Å². The lowest BCUT2D eigenvalue weighted by atomic mass is 9.66. The lowest BCUT2D eigenvalue weighted by molar-refractivity contribution is -0.170. The number of ether oxygens (including phenoxy) is 3. The van der Waals surface area contributed by atoms with Gasteiger partial charge < -0.3 is 36.3 Å². The fraction of sp³-hybridized carbons (Fsp3) is 0.630. The maximum atomic E-state index is 12.3. The minimum Gasteiger partial charge on any atom is -1.00 e. The highest BCUT2D eigenvalue weighted by molar-refractivity contribution is 9.10. The second kappa shape index (κ2) is 14.8. The molecule has 1 aromatic carbocycles. The maximum absolute atomic E-state index is 12.3. The van der Waals surface area contributed by atoms with E-state index >= 15 is 0 Å². The number of epoxide rings is 1. The van der Waals surface area contributed by atoms with E-state index in [0.717, 1.165) is 34.8 Å². The molecule has 2 fully saturated rings. The van der Waals surface area contributed by atoms with Gasteiger partial charge in [-0.25, -0.2) is 4.79 Å². The van der Waals surface area contributed by atoms with Crippen LogP contribution in [-0.2, 0) is 37.2 Å². The summed E-state index contributed by atoms with van der Waals surface area (Å²) in [6.07, 6.45) is 2.44. The predicted molar refractivity (Wildman–Crippen MR) is 151 cm³/mol. The molecule has 1 aliphatic carbocycles. The number of imide groups is 1. The molecule has 1 heterocycles. The average molecular weight is 700 g/mol. The Morgan fingerprint density at radius 1 is 1.37 bits per heavy atom. The summed E-state index contributed by atoms with van der Waals surface area (Å²) in [5.74, 6) is 0.0726. The molecule has 1 saturated heterocycles. The number of rotatable bonds is 11. The number of nitrogens with one attached hydrogen (secondary N) is 1. The second-order valence-corrected chi connectivity index (χ2v) is 12.6. The van der Waals surface area contributed by atoms with Crippen LogP contribution in [0.25, 0.3) is 0 Å². The molecule has 1 aliphatic heterocycles. The molecule has 3 rings (SSSR count). The van der Waals surface area contributed by atoms with E-state index in [-0.39, 0.29) is 29.0 Å². The number of benzene rings is 1. The van der Waals surface area contributed by atoms with E-state index in [2.05, 4.69) is 39.5 Å². The first kappa shape index (κ1) is 33.6. The van der Waals surface area contributed by atoms with E-state index in [1.807, 2.05) is 32.9 Å². The van der Waals surface area contributed by atoms with Crippen LogP contribution in [0.1, 0.15) is 45.6 Å². The van der Waals surface area contributed by atoms with Crippen molar-refractivity contribution in [2.24, 2.45) is 5.92 Å². The lowest BCUT2D eigenvalue weighted by Gasteiger charge is -2.47. The number of thiol groups is 1. The van der Waals surface area contributed by atoms with Gasteiger partial charge in [0.15, 0.2) is 0 Å². The van der Waals surface area contributed by atoms with Gasteiger partial charge >= 0.3 is 6.09 Å². The zero-order valence-corrected chi connectivity index (χ0v) is 27.0. The van der Waals surface area contributed by atoms with Crippen LogP contribution in [0.15, 0.2) is 40.4 Å². The van der Waals surface area contributed by atoms with Crippen LogP contribution in [0.2, 0.25) is 0 Å². The maximum Gasteiger partial charge on any atom is 0.414 e. The zero-order valence-electron chi connectivity index (χ0n) is 22.2. The Balaban J connectivity index is 0.00000507. The number of allylic oxidation sites excluding steroid dienone is 1. The Bertz CT molecular complexity index is 996. The third-order valence-corrected chi connectivity index (χ3v) is 9.25. The van der Waals surface area contributed by atoms with Crippen LogP contribution in [0.3, 0.4) is 0 Å². The monoisotopic (exact) mass is 697 g/mol. The highest BCUT2D eigenvalue weighted by atomic mass is 79.9. The largest absolute Gasteiger partial charge is 1.00 e. The molecule has 214 valence electrons. The van der Waals surface area contributed by atoms with Crippen molar-refractivity contribution in [3.8, 4) is 0 Å². The quantitative estimate of drug-likeness (QED) is 0.0905. The molecule has 1 aromatic rings. The van der Waals surface area contributed by atoms with Gasteiger partial charge in [0.05, 0.1) is 12.0 Å². The molecule has 6 unspecified atom stereocenters. The SMILES string of the molecule is COC1C(OC(=O)NC(=O)CCl)CCC(O)(C[SH+]CCc2cccc(Br)c2)C1C1(C)OC1CC=C(C)C.[Br-]. The van der Waals surface area contributed by atoms with E-state index in [1.165, 1.54) is 11.1 Å². The number of carbonyl (C=O) groups is 2. The summed E-state index contributed by atoms with van der Waals surface area (Å²) in [6, 6.07) is 8.25. The first-order valence-electron chi connectivity index (χ1n) is 12.5. The van der Waals surface area contributed by atoms with Crippen LogP contribution in [-0.4, -0.2) is 71.1 Å². The van der Waals surface area contributed by atoms with Crippen molar-refractivity contribution in [1.82, 2.24) is 5.32 Å². The number of carbonyl (C=O) groups excluding carboxylic acids is 2. The Kier molecular flexibility index (Phi) is 13.1. The Hall–Kier alpha value is -0.620. The molecule has 0 spiro atoms. The molecule has 7 nitrogen and oxygen atoms in total. The third-order valence-electron chi connectivity index (χ3n) is 7.20. The summed E-state index contributed by atoms with van der Waals surface area (Å²) < 4.78 is 18.8. The first-order valence-corrected chi connectivity index (χ1v) is 15.1. The fourth-order valence-corrected chi connectivity index (χ4v) is 7.17. The zero-order chi connectivity index (χ0) is 27.2. The Morgan fingerprint density at radius 2 is 2.11 bits per heavy atom. The minimum atomic E-state index is -1.06. The van der Waals surface area contributed by atoms with Crippen molar-refractivity contribution in [3.05, 3.63) is 46.0 Å². The van der Waals surface area contributed by atoms with Gasteiger partial charge in [0.2, 0.25) is 5.91 Å². The number of aliphatic hydroxyl groups is 1. The van der Waals surface area contributed by atoms with Crippen LogP contribution in [0.5, 0.6) is 0 Å². The molecule has 0 aromatic heterocycles. The van der Waals surface area contributed by atoms with Crippen molar-refractivity contribution < 1.29 is 45.9 Å². The summed E-state index contributed by atoms with van der Waals surface area (Å²) >= 11 is 10.1. The highest BCUT2D eigenvalue weighted by Gasteiger charge is 2.68. The summed E-state index contributed by atoms with van der Waals surface area (Å²) in [5.41, 5.74) is 0.754. The van der Waals surface area contributed by atoms with E-state index < -0.39 is 41.3 Å². The van der Waals surface area contributed by atoms with Crippen molar-refractivity contribution in [2.75, 3.05) is 24.5 Å². The Morgan fingerprint density at radius 3 is 2.74 bits per heavy atom. The molecular formula is C27H38Br2ClNO6S. The number of hydrogen-bond acceptors (Lipinski definition) is 6. The molecular weight excluding hydrogens is 662 g/mol. The number of aryl methyl sites for hydroxylation is 1. The number of amides is 2. The lowest BCUT2D eigenvalue weighted by Crippen LogP contribution is -3.00. The van der Waals surface area contributed by atoms with Crippen molar-refractivity contribution in [3.63, 3.8) is 0 Å². The van der Waals surface area contributed by atoms with Crippen LogP contribution >= 0.6 is 27.5 Å². The predicted octanol–water partition coefficient (Wildman–Crippen LogP) is 1.34. The van der Waals surface area contributed by atoms with Gasteiger partial charge in [-0.15, -0.1) is 11.6 Å². The molecule has 2 N–H and O–H groups in total. The summed E-state index contributed by atoms with van der Waals surface area (Å²) in [7, 11) is 1.56. The van der Waals surface area contributed by atoms with Gasteiger partial charge in [-0.05, 0) is 69.5 Å². The van der Waals surface area contributed by atoms with Gasteiger partial charge in [0.1, 0.15) is 40.8 Å². The van der Waals surface area contributed by atoms with Crippen LogP contribution in [0, 0.1) is 5.92 Å². The number of methoxy groups -OCH3 is 1. The van der Waals surface area contributed by atoms with Crippen LogP contribution in [0.4, 0.5) is 4.79 Å². The number of alkyl halides is 1. The normalized spacial score (nSPS) is 30.1. The minimum absolute atomic E-state index is 0. The standard InChI is InChI=1S/C27H37BrClNO6S.BrH/c1-17(2)8-9-21-26(3,36-21)24-23(34-4)20(35-25(32)30-22(31)15-29)10-12-27(24,33)16-37-13-11-18-6-5-7-19(28)14-18;/h5-8,14,20-21,23-24,33H,9-13,15-16H2,1-4H3,(H,30,31,32);1H. The van der Waals surface area contributed by atoms with E-state index in [9.17, 15) is 14.7 Å². The Labute approximate surface area is 253 Å². The molecule has 2 aliphatic rings. The molecule has 0 bridgehead atoms. The van der Waals surface area contributed by atoms with Gasteiger partial charge in [0.25, 0.3) is 0 Å². The summed E-state index contributed by atoms with van der Waals surface area (Å²) in [4.78, 5) is 23.9. The molecule has 11 heteroatoms. The molecule has 2 amide bonds. The average Bonchev–Trinajstić information content (AvgIpc) is 3.51. The fourth-order valence-electron chi connectivity index (χ4n) is 5.34. The highest BCUT2D eigenvalue weighted by Crippen LogP contribution is 2.54. The van der Waals surface area contributed by atoms with Crippen molar-refractivity contribution >= 4 is 51.3 Å². The van der Waals surface area contributed by atoms with E-state index in [4.69, 9.17) is 25.8 Å². The number of halogens is 3. The molecule has 38 heavy (non-hydrogen) atoms. The summed E-state index contributed by atoms with van der Waals surface area (Å²) in [5, 5.41) is 14.2. The molecule has 1 saturated carbocycles. The summed E-state index contributed by atoms with van der Waals surface area (Å²) in [6.45, 7) is 6.10. The van der Waals surface area contributed by atoms with Gasteiger partial charge in [-0.2, -0.15) is 0 Å². The molecule has 6 atom stereocenters. The van der Waals surface area contributed by atoms with Gasteiger partial charge in [0, 0.05) is 18.0 Å². The third kappa shape index (κ3) is 8.69. The molecule has 0 radical (unpaired) electrons. The first-order chi connectivity index (χ1) is 17.5. The van der Waals surface area contributed by atoms with Crippen LogP contribution < -0.4 is 22.3 Å². The van der Waals surface area contributed by atoms with Crippen molar-refractivity contribution in [2.45, 2.75) is 76.0 Å². The van der Waals surface area contributed by atoms with E-state index in [1.54, 1.807) is 7.11 Å². The van der Waals surface area contributed by atoms with E-state index in [0.29, 0.717) is 18.6 Å². The number of hydrogen-bond donors (Lipinski definition) is 2.